The van der Waals surface area contributed by atoms with Crippen LogP contribution in [0.2, 0.25) is 0 Å². The molecule has 2 N–H and O–H groups in total. The lowest BCUT2D eigenvalue weighted by Gasteiger charge is -2.07. The van der Waals surface area contributed by atoms with Crippen LogP contribution in [0, 0.1) is 5.82 Å². The molecule has 0 aromatic heterocycles. The standard InChI is InChI=1S/C13H11FO3/c1-17-11-2-3-12(13(14)7-11)8-4-9(15)6-10(16)5-8/h2-7,15-16H,1H3. The molecule has 2 rings (SSSR count). The van der Waals surface area contributed by atoms with Crippen molar-refractivity contribution < 1.29 is 19.3 Å². The van der Waals surface area contributed by atoms with Crippen LogP contribution in [-0.4, -0.2) is 17.3 Å². The van der Waals surface area contributed by atoms with Crippen LogP contribution in [0.3, 0.4) is 0 Å². The number of ether oxygens (including phenoxy) is 1. The van der Waals surface area contributed by atoms with E-state index in [1.165, 1.54) is 37.4 Å². The van der Waals surface area contributed by atoms with E-state index in [1.54, 1.807) is 6.07 Å². The minimum absolute atomic E-state index is 0.116. The number of halogens is 1. The highest BCUT2D eigenvalue weighted by atomic mass is 19.1. The first-order valence-electron chi connectivity index (χ1n) is 4.97. The fourth-order valence-electron chi connectivity index (χ4n) is 1.61. The molecule has 0 heterocycles. The molecule has 0 saturated heterocycles. The van der Waals surface area contributed by atoms with Crippen molar-refractivity contribution in [3.8, 4) is 28.4 Å². The van der Waals surface area contributed by atoms with Gasteiger partial charge >= 0.3 is 0 Å². The molecule has 0 aliphatic rings. The SMILES string of the molecule is COc1ccc(-c2cc(O)cc(O)c2)c(F)c1. The van der Waals surface area contributed by atoms with Gasteiger partial charge in [0.2, 0.25) is 0 Å². The number of rotatable bonds is 2. The van der Waals surface area contributed by atoms with Crippen LogP contribution >= 0.6 is 0 Å². The molecule has 2 aromatic carbocycles. The third-order valence-corrected chi connectivity index (χ3v) is 2.39. The van der Waals surface area contributed by atoms with Gasteiger partial charge in [0.25, 0.3) is 0 Å². The Morgan fingerprint density at radius 1 is 1.00 bits per heavy atom. The molecule has 0 bridgehead atoms. The Balaban J connectivity index is 2.52. The van der Waals surface area contributed by atoms with Crippen molar-refractivity contribution in [2.24, 2.45) is 0 Å². The molecule has 0 amide bonds. The summed E-state index contributed by atoms with van der Waals surface area (Å²) in [6.45, 7) is 0. The summed E-state index contributed by atoms with van der Waals surface area (Å²) in [5, 5.41) is 18.7. The van der Waals surface area contributed by atoms with E-state index >= 15 is 0 Å². The molecule has 4 heteroatoms. The number of hydrogen-bond acceptors (Lipinski definition) is 3. The molecule has 0 aliphatic carbocycles. The highest BCUT2D eigenvalue weighted by Crippen LogP contribution is 2.31. The Morgan fingerprint density at radius 2 is 1.65 bits per heavy atom. The van der Waals surface area contributed by atoms with Gasteiger partial charge in [-0.05, 0) is 29.8 Å². The van der Waals surface area contributed by atoms with Crippen molar-refractivity contribution in [1.29, 1.82) is 0 Å². The van der Waals surface area contributed by atoms with E-state index in [1.807, 2.05) is 0 Å². The minimum atomic E-state index is -0.477. The molecule has 0 fully saturated rings. The van der Waals surface area contributed by atoms with Gasteiger partial charge in [-0.15, -0.1) is 0 Å². The maximum atomic E-state index is 13.7. The Bertz CT molecular complexity index is 532. The molecule has 0 aliphatic heterocycles. The first kappa shape index (κ1) is 11.3. The van der Waals surface area contributed by atoms with Crippen molar-refractivity contribution in [1.82, 2.24) is 0 Å². The highest BCUT2D eigenvalue weighted by molar-refractivity contribution is 5.68. The van der Waals surface area contributed by atoms with E-state index in [-0.39, 0.29) is 17.1 Å². The summed E-state index contributed by atoms with van der Waals surface area (Å²) in [4.78, 5) is 0. The zero-order chi connectivity index (χ0) is 12.4. The van der Waals surface area contributed by atoms with E-state index in [4.69, 9.17) is 4.74 Å². The van der Waals surface area contributed by atoms with Crippen LogP contribution < -0.4 is 4.74 Å². The van der Waals surface area contributed by atoms with Gasteiger partial charge < -0.3 is 14.9 Å². The lowest BCUT2D eigenvalue weighted by molar-refractivity contribution is 0.411. The molecule has 0 unspecified atom stereocenters. The van der Waals surface area contributed by atoms with Crippen molar-refractivity contribution in [3.63, 3.8) is 0 Å². The zero-order valence-corrected chi connectivity index (χ0v) is 9.14. The summed E-state index contributed by atoms with van der Waals surface area (Å²) in [6.07, 6.45) is 0. The summed E-state index contributed by atoms with van der Waals surface area (Å²) in [6, 6.07) is 8.33. The maximum absolute atomic E-state index is 13.7. The first-order valence-corrected chi connectivity index (χ1v) is 4.97. The van der Waals surface area contributed by atoms with Gasteiger partial charge in [0.1, 0.15) is 23.1 Å². The molecule has 88 valence electrons. The van der Waals surface area contributed by atoms with Crippen LogP contribution in [0.5, 0.6) is 17.2 Å². The van der Waals surface area contributed by atoms with Crippen LogP contribution in [0.15, 0.2) is 36.4 Å². The molecule has 0 atom stereocenters. The molecule has 0 saturated carbocycles. The molecule has 3 nitrogen and oxygen atoms in total. The second-order valence-electron chi connectivity index (χ2n) is 3.58. The largest absolute Gasteiger partial charge is 0.508 e. The average molecular weight is 234 g/mol. The van der Waals surface area contributed by atoms with Crippen LogP contribution in [0.25, 0.3) is 11.1 Å². The Hall–Kier alpha value is -2.23. The summed E-state index contributed by atoms with van der Waals surface area (Å²) >= 11 is 0. The van der Waals surface area contributed by atoms with Crippen LogP contribution in [0.1, 0.15) is 0 Å². The minimum Gasteiger partial charge on any atom is -0.508 e. The van der Waals surface area contributed by atoms with Crippen molar-refractivity contribution in [2.75, 3.05) is 7.11 Å². The molecule has 17 heavy (non-hydrogen) atoms. The predicted molar refractivity (Wildman–Crippen MR) is 61.7 cm³/mol. The number of hydrogen-bond donors (Lipinski definition) is 2. The lowest BCUT2D eigenvalue weighted by atomic mass is 10.0. The molecular formula is C13H11FO3. The second kappa shape index (κ2) is 4.33. The topological polar surface area (TPSA) is 49.7 Å². The summed E-state index contributed by atoms with van der Waals surface area (Å²) in [5.41, 5.74) is 0.694. The Labute approximate surface area is 97.7 Å². The predicted octanol–water partition coefficient (Wildman–Crippen LogP) is 2.91. The van der Waals surface area contributed by atoms with Crippen molar-refractivity contribution in [3.05, 3.63) is 42.2 Å². The Morgan fingerprint density at radius 3 is 2.18 bits per heavy atom. The molecular weight excluding hydrogens is 223 g/mol. The normalized spacial score (nSPS) is 10.2. The quantitative estimate of drug-likeness (QED) is 0.839. The van der Waals surface area contributed by atoms with Gasteiger partial charge in [-0.1, -0.05) is 0 Å². The van der Waals surface area contributed by atoms with Gasteiger partial charge in [-0.3, -0.25) is 0 Å². The first-order chi connectivity index (χ1) is 8.10. The van der Waals surface area contributed by atoms with Gasteiger partial charge in [0, 0.05) is 17.7 Å². The summed E-state index contributed by atoms with van der Waals surface area (Å²) in [5.74, 6) is -0.296. The van der Waals surface area contributed by atoms with Gasteiger partial charge in [-0.2, -0.15) is 0 Å². The number of methoxy groups -OCH3 is 1. The number of phenols is 2. The van der Waals surface area contributed by atoms with E-state index < -0.39 is 5.82 Å². The van der Waals surface area contributed by atoms with Crippen molar-refractivity contribution >= 4 is 0 Å². The second-order valence-corrected chi connectivity index (χ2v) is 3.58. The number of benzene rings is 2. The molecule has 0 spiro atoms. The smallest absolute Gasteiger partial charge is 0.134 e. The maximum Gasteiger partial charge on any atom is 0.134 e. The summed E-state index contributed by atoms with van der Waals surface area (Å²) < 4.78 is 18.6. The molecule has 2 aromatic rings. The van der Waals surface area contributed by atoms with Crippen LogP contribution in [0.4, 0.5) is 4.39 Å². The Kier molecular flexibility index (Phi) is 2.87. The third-order valence-electron chi connectivity index (χ3n) is 2.39. The lowest BCUT2D eigenvalue weighted by Crippen LogP contribution is -1.88. The fraction of sp³-hybridized carbons (Fsp3) is 0.0769. The number of phenolic OH excluding ortho intramolecular Hbond substituents is 2. The fourth-order valence-corrected chi connectivity index (χ4v) is 1.61. The summed E-state index contributed by atoms with van der Waals surface area (Å²) in [7, 11) is 1.45. The van der Waals surface area contributed by atoms with Gasteiger partial charge in [0.15, 0.2) is 0 Å². The van der Waals surface area contributed by atoms with Gasteiger partial charge in [-0.25, -0.2) is 4.39 Å². The van der Waals surface area contributed by atoms with E-state index in [0.29, 0.717) is 11.3 Å². The van der Waals surface area contributed by atoms with E-state index in [9.17, 15) is 14.6 Å². The molecule has 0 radical (unpaired) electrons. The van der Waals surface area contributed by atoms with Crippen LogP contribution in [-0.2, 0) is 0 Å². The number of aromatic hydroxyl groups is 2. The van der Waals surface area contributed by atoms with Crippen molar-refractivity contribution in [2.45, 2.75) is 0 Å². The van der Waals surface area contributed by atoms with E-state index in [2.05, 4.69) is 0 Å². The monoisotopic (exact) mass is 234 g/mol. The third kappa shape index (κ3) is 2.30. The van der Waals surface area contributed by atoms with E-state index in [0.717, 1.165) is 0 Å². The highest BCUT2D eigenvalue weighted by Gasteiger charge is 2.08. The van der Waals surface area contributed by atoms with Gasteiger partial charge in [0.05, 0.1) is 7.11 Å². The average Bonchev–Trinajstić information content (AvgIpc) is 2.27. The zero-order valence-electron chi connectivity index (χ0n) is 9.14.